The highest BCUT2D eigenvalue weighted by Gasteiger charge is 2.15. The average molecular weight is 449 g/mol. The summed E-state index contributed by atoms with van der Waals surface area (Å²) < 4.78 is 32.8. The molecule has 2 aromatic heterocycles. The van der Waals surface area contributed by atoms with Gasteiger partial charge in [0.25, 0.3) is 15.7 Å². The van der Waals surface area contributed by atoms with Crippen molar-refractivity contribution in [2.24, 2.45) is 4.99 Å². The molecule has 10 nitrogen and oxygen atoms in total. The third-order valence-electron chi connectivity index (χ3n) is 4.27. The van der Waals surface area contributed by atoms with Crippen LogP contribution in [0, 0.1) is 10.1 Å². The summed E-state index contributed by atoms with van der Waals surface area (Å²) in [5, 5.41) is 10.8. The minimum atomic E-state index is -3.82. The number of sulfonamides is 1. The Bertz CT molecular complexity index is 1370. The fourth-order valence-corrected chi connectivity index (χ4v) is 3.66. The van der Waals surface area contributed by atoms with Gasteiger partial charge < -0.3 is 4.42 Å². The lowest BCUT2D eigenvalue weighted by Gasteiger charge is -2.06. The monoisotopic (exact) mass is 449 g/mol. The van der Waals surface area contributed by atoms with Crippen molar-refractivity contribution in [1.82, 2.24) is 9.97 Å². The zero-order valence-corrected chi connectivity index (χ0v) is 17.1. The number of rotatable bonds is 7. The minimum Gasteiger partial charge on any atom is -0.455 e. The fraction of sp³-hybridized carbons (Fsp3) is 0. The molecule has 0 aliphatic rings. The standard InChI is InChI=1S/C21H15N5O5S/c27-26(28)17-6-2-15(3-7-17)20-11-8-18(31-20)14-24-16-4-9-19(10-5-16)32(29,30)25-21-22-12-1-13-23-21/h1-14H,(H,22,23,25). The van der Waals surface area contributed by atoms with E-state index < -0.39 is 14.9 Å². The molecule has 160 valence electrons. The number of nitrogens with zero attached hydrogens (tertiary/aromatic N) is 4. The smallest absolute Gasteiger partial charge is 0.269 e. The van der Waals surface area contributed by atoms with E-state index in [-0.39, 0.29) is 16.5 Å². The lowest BCUT2D eigenvalue weighted by Crippen LogP contribution is -2.14. The highest BCUT2D eigenvalue weighted by molar-refractivity contribution is 7.92. The Morgan fingerprint density at radius 2 is 1.66 bits per heavy atom. The molecule has 2 aromatic carbocycles. The zero-order valence-electron chi connectivity index (χ0n) is 16.3. The van der Waals surface area contributed by atoms with Crippen LogP contribution in [0.2, 0.25) is 0 Å². The molecule has 1 N–H and O–H groups in total. The average Bonchev–Trinajstić information content (AvgIpc) is 3.27. The number of furan rings is 1. The maximum Gasteiger partial charge on any atom is 0.269 e. The zero-order chi connectivity index (χ0) is 22.6. The minimum absolute atomic E-state index is 0.000882. The number of benzene rings is 2. The lowest BCUT2D eigenvalue weighted by atomic mass is 10.1. The van der Waals surface area contributed by atoms with E-state index >= 15 is 0 Å². The number of hydrogen-bond acceptors (Lipinski definition) is 8. The first-order chi connectivity index (χ1) is 15.4. The summed E-state index contributed by atoms with van der Waals surface area (Å²) in [4.78, 5) is 22.3. The molecule has 0 spiro atoms. The van der Waals surface area contributed by atoms with Crippen molar-refractivity contribution in [3.8, 4) is 11.3 Å². The van der Waals surface area contributed by atoms with Crippen LogP contribution in [-0.4, -0.2) is 29.5 Å². The number of aliphatic imine (C=N–C) groups is 1. The first kappa shape index (κ1) is 20.9. The first-order valence-corrected chi connectivity index (χ1v) is 10.7. The molecule has 4 rings (SSSR count). The Kier molecular flexibility index (Phi) is 5.73. The molecule has 32 heavy (non-hydrogen) atoms. The maximum absolute atomic E-state index is 12.4. The fourth-order valence-electron chi connectivity index (χ4n) is 2.71. The largest absolute Gasteiger partial charge is 0.455 e. The predicted octanol–water partition coefficient (Wildman–Crippen LogP) is 4.20. The Hall–Kier alpha value is -4.38. The molecule has 0 bridgehead atoms. The van der Waals surface area contributed by atoms with Crippen LogP contribution in [0.15, 0.2) is 93.4 Å². The Morgan fingerprint density at radius 3 is 2.31 bits per heavy atom. The number of nitrogens with one attached hydrogen (secondary N) is 1. The van der Waals surface area contributed by atoms with Gasteiger partial charge >= 0.3 is 0 Å². The third-order valence-corrected chi connectivity index (χ3v) is 5.61. The lowest BCUT2D eigenvalue weighted by molar-refractivity contribution is -0.384. The van der Waals surface area contributed by atoms with Gasteiger partial charge in [-0.2, -0.15) is 0 Å². The van der Waals surface area contributed by atoms with E-state index in [1.807, 2.05) is 0 Å². The summed E-state index contributed by atoms with van der Waals surface area (Å²) in [5.74, 6) is 0.992. The molecule has 0 fully saturated rings. The molecule has 4 aromatic rings. The van der Waals surface area contributed by atoms with E-state index in [4.69, 9.17) is 4.42 Å². The summed E-state index contributed by atoms with van der Waals surface area (Å²) >= 11 is 0. The molecular formula is C21H15N5O5S. The van der Waals surface area contributed by atoms with Crippen molar-refractivity contribution < 1.29 is 17.8 Å². The number of hydrogen-bond donors (Lipinski definition) is 1. The van der Waals surface area contributed by atoms with Crippen LogP contribution >= 0.6 is 0 Å². The number of non-ortho nitro benzene ring substituents is 1. The third kappa shape index (κ3) is 4.84. The SMILES string of the molecule is O=[N+]([O-])c1ccc(-c2ccc(C=Nc3ccc(S(=O)(=O)Nc4ncccn4)cc3)o2)cc1. The molecule has 0 unspecified atom stereocenters. The van der Waals surface area contributed by atoms with E-state index in [1.165, 1.54) is 42.9 Å². The summed E-state index contributed by atoms with van der Waals surface area (Å²) in [6.07, 6.45) is 4.36. The first-order valence-electron chi connectivity index (χ1n) is 9.19. The Balaban J connectivity index is 1.45. The van der Waals surface area contributed by atoms with Crippen molar-refractivity contribution in [3.63, 3.8) is 0 Å². The van der Waals surface area contributed by atoms with Gasteiger partial charge in [0.05, 0.1) is 21.7 Å². The van der Waals surface area contributed by atoms with E-state index in [0.717, 1.165) is 0 Å². The van der Waals surface area contributed by atoms with E-state index in [0.29, 0.717) is 22.8 Å². The van der Waals surface area contributed by atoms with Crippen molar-refractivity contribution in [1.29, 1.82) is 0 Å². The summed E-state index contributed by atoms with van der Waals surface area (Å²) in [7, 11) is -3.82. The van der Waals surface area contributed by atoms with Crippen LogP contribution in [0.25, 0.3) is 11.3 Å². The normalized spacial score (nSPS) is 11.5. The highest BCUT2D eigenvalue weighted by Crippen LogP contribution is 2.24. The molecule has 0 radical (unpaired) electrons. The van der Waals surface area contributed by atoms with Gasteiger partial charge in [-0.1, -0.05) is 0 Å². The maximum atomic E-state index is 12.4. The van der Waals surface area contributed by atoms with Crippen LogP contribution < -0.4 is 4.72 Å². The molecular weight excluding hydrogens is 434 g/mol. The number of aromatic nitrogens is 2. The number of anilines is 1. The van der Waals surface area contributed by atoms with Gasteiger partial charge in [0.15, 0.2) is 0 Å². The second-order valence-corrected chi connectivity index (χ2v) is 8.12. The topological polar surface area (TPSA) is 141 Å². The van der Waals surface area contributed by atoms with E-state index in [1.54, 1.807) is 42.5 Å². The van der Waals surface area contributed by atoms with Crippen LogP contribution in [0.5, 0.6) is 0 Å². The summed E-state index contributed by atoms with van der Waals surface area (Å²) in [6, 6.07) is 17.0. The molecule has 0 aliphatic carbocycles. The van der Waals surface area contributed by atoms with Crippen LogP contribution in [0.4, 0.5) is 17.3 Å². The number of nitro groups is 1. The molecule has 0 amide bonds. The molecule has 2 heterocycles. The molecule has 0 saturated carbocycles. The van der Waals surface area contributed by atoms with Gasteiger partial charge in [-0.05, 0) is 54.6 Å². The van der Waals surface area contributed by atoms with Gasteiger partial charge in [-0.15, -0.1) is 0 Å². The Labute approximate surface area is 182 Å². The van der Waals surface area contributed by atoms with Crippen molar-refractivity contribution in [2.45, 2.75) is 4.90 Å². The van der Waals surface area contributed by atoms with E-state index in [9.17, 15) is 18.5 Å². The van der Waals surface area contributed by atoms with Crippen molar-refractivity contribution >= 4 is 33.6 Å². The van der Waals surface area contributed by atoms with Crippen molar-refractivity contribution in [2.75, 3.05) is 4.72 Å². The molecule has 0 atom stereocenters. The quantitative estimate of drug-likeness (QED) is 0.253. The second-order valence-electron chi connectivity index (χ2n) is 6.44. The van der Waals surface area contributed by atoms with Crippen molar-refractivity contribution in [3.05, 3.63) is 95.0 Å². The second kappa shape index (κ2) is 8.78. The van der Waals surface area contributed by atoms with Crippen LogP contribution in [-0.2, 0) is 10.0 Å². The Morgan fingerprint density at radius 1 is 0.969 bits per heavy atom. The predicted molar refractivity (Wildman–Crippen MR) is 117 cm³/mol. The van der Waals surface area contributed by atoms with Gasteiger partial charge in [-0.25, -0.2) is 23.1 Å². The van der Waals surface area contributed by atoms with Crippen LogP contribution in [0.1, 0.15) is 5.76 Å². The van der Waals surface area contributed by atoms with Gasteiger partial charge in [0.1, 0.15) is 11.5 Å². The van der Waals surface area contributed by atoms with Gasteiger partial charge in [0, 0.05) is 30.1 Å². The molecule has 11 heteroatoms. The highest BCUT2D eigenvalue weighted by atomic mass is 32.2. The van der Waals surface area contributed by atoms with Gasteiger partial charge in [0.2, 0.25) is 5.95 Å². The number of nitro benzene ring substituents is 1. The molecule has 0 saturated heterocycles. The van der Waals surface area contributed by atoms with E-state index in [2.05, 4.69) is 19.7 Å². The van der Waals surface area contributed by atoms with Gasteiger partial charge in [-0.3, -0.25) is 15.1 Å². The summed E-state index contributed by atoms with van der Waals surface area (Å²) in [6.45, 7) is 0. The van der Waals surface area contributed by atoms with Crippen LogP contribution in [0.3, 0.4) is 0 Å². The summed E-state index contributed by atoms with van der Waals surface area (Å²) in [5.41, 5.74) is 1.21. The molecule has 0 aliphatic heterocycles.